The molecule has 1 heterocycles. The van der Waals surface area contributed by atoms with Gasteiger partial charge in [-0.1, -0.05) is 41.9 Å². The Morgan fingerprint density at radius 3 is 2.27 bits per heavy atom. The van der Waals surface area contributed by atoms with Gasteiger partial charge in [-0.2, -0.15) is 13.2 Å². The Morgan fingerprint density at radius 1 is 1.05 bits per heavy atom. The maximum Gasteiger partial charge on any atom is 0.434 e. The second-order valence-electron chi connectivity index (χ2n) is 9.16. The molecule has 2 unspecified atom stereocenters. The predicted molar refractivity (Wildman–Crippen MR) is 150 cm³/mol. The lowest BCUT2D eigenvalue weighted by molar-refractivity contribution is -0.141. The van der Waals surface area contributed by atoms with Crippen LogP contribution in [0.3, 0.4) is 0 Å². The summed E-state index contributed by atoms with van der Waals surface area (Å²) in [5, 5.41) is 1.41. The van der Waals surface area contributed by atoms with E-state index in [1.165, 1.54) is 42.7 Å². The molecule has 0 aliphatic heterocycles. The number of rotatable bonds is 7. The van der Waals surface area contributed by atoms with Crippen LogP contribution in [0, 0.1) is 6.92 Å². The average molecular weight is 592 g/mol. The third kappa shape index (κ3) is 5.77. The zero-order valence-corrected chi connectivity index (χ0v) is 23.3. The van der Waals surface area contributed by atoms with Gasteiger partial charge in [0.25, 0.3) is 0 Å². The number of alkyl halides is 4. The minimum absolute atomic E-state index is 0.0390. The molecule has 210 valence electrons. The number of halogens is 5. The zero-order valence-electron chi connectivity index (χ0n) is 21.7. The van der Waals surface area contributed by atoms with Crippen molar-refractivity contribution in [3.8, 4) is 16.8 Å². The average Bonchev–Trinajstić information content (AvgIpc) is 3.31. The number of imidazole rings is 1. The SMILES string of the molecule is Cc1nc(C(F)(F)F)cn1-c1ccc(-c2cccc(S(C)=O)c2)cc1N(N)/C(=C\N)C(C)(F)c1ccc(Cl)cc1. The summed E-state index contributed by atoms with van der Waals surface area (Å²) in [4.78, 5) is 4.24. The van der Waals surface area contributed by atoms with Crippen LogP contribution in [-0.2, 0) is 22.6 Å². The van der Waals surface area contributed by atoms with Crippen LogP contribution < -0.4 is 16.6 Å². The van der Waals surface area contributed by atoms with Gasteiger partial charge in [0.05, 0.1) is 17.1 Å². The smallest absolute Gasteiger partial charge is 0.403 e. The number of allylic oxidation sites excluding steroid dienone is 1. The molecule has 0 saturated heterocycles. The van der Waals surface area contributed by atoms with Crippen LogP contribution in [0.2, 0.25) is 5.02 Å². The highest BCUT2D eigenvalue weighted by atomic mass is 35.5. The summed E-state index contributed by atoms with van der Waals surface area (Å²) in [6, 6.07) is 17.8. The van der Waals surface area contributed by atoms with Crippen molar-refractivity contribution in [3.63, 3.8) is 0 Å². The van der Waals surface area contributed by atoms with Crippen molar-refractivity contribution in [3.05, 3.63) is 107 Å². The molecule has 0 aliphatic carbocycles. The van der Waals surface area contributed by atoms with Gasteiger partial charge in [0, 0.05) is 39.4 Å². The van der Waals surface area contributed by atoms with E-state index < -0.39 is 28.3 Å². The van der Waals surface area contributed by atoms with Gasteiger partial charge >= 0.3 is 6.18 Å². The zero-order chi connectivity index (χ0) is 29.4. The number of hydrogen-bond donors (Lipinski definition) is 2. The minimum atomic E-state index is -4.68. The Hall–Kier alpha value is -3.67. The van der Waals surface area contributed by atoms with Crippen molar-refractivity contribution < 1.29 is 21.8 Å². The van der Waals surface area contributed by atoms with Crippen LogP contribution in [0.5, 0.6) is 0 Å². The first-order chi connectivity index (χ1) is 18.7. The van der Waals surface area contributed by atoms with Crippen molar-refractivity contribution in [1.82, 2.24) is 9.55 Å². The molecular formula is C28H26ClF4N5OS. The number of benzene rings is 3. The number of aromatic nitrogens is 2. The second kappa shape index (κ2) is 11.1. The second-order valence-corrected chi connectivity index (χ2v) is 11.0. The topological polar surface area (TPSA) is 90.2 Å². The van der Waals surface area contributed by atoms with Gasteiger partial charge in [-0.25, -0.2) is 15.2 Å². The standard InChI is InChI=1S/C28H26ClF4N5OS/c1-17-36-25(28(31,32)33)16-37(17)23-12-7-19(18-5-4-6-22(13-18)40(3)39)14-24(23)38(35)26(15-34)27(2,30)20-8-10-21(29)11-9-20/h4-16H,34-35H2,1-3H3/b26-15-. The fourth-order valence-corrected chi connectivity index (χ4v) is 5.00. The normalized spacial score (nSPS) is 14.6. The molecule has 3 aromatic carbocycles. The lowest BCUT2D eigenvalue weighted by Gasteiger charge is -2.33. The molecule has 0 amide bonds. The molecule has 2 atom stereocenters. The molecule has 0 aliphatic rings. The van der Waals surface area contributed by atoms with E-state index in [4.69, 9.17) is 23.2 Å². The fourth-order valence-electron chi connectivity index (χ4n) is 4.31. The minimum Gasteiger partial charge on any atom is -0.403 e. The van der Waals surface area contributed by atoms with Crippen LogP contribution in [0.15, 0.2) is 89.7 Å². The number of nitrogens with two attached hydrogens (primary N) is 2. The summed E-state index contributed by atoms with van der Waals surface area (Å²) in [5.41, 5.74) is 4.23. The number of hydrogen-bond acceptors (Lipinski definition) is 5. The molecule has 0 saturated carbocycles. The summed E-state index contributed by atoms with van der Waals surface area (Å²) in [6.07, 6.45) is -1.27. The number of aryl methyl sites for hydroxylation is 1. The molecule has 4 N–H and O–H groups in total. The van der Waals surface area contributed by atoms with E-state index in [-0.39, 0.29) is 28.5 Å². The highest BCUT2D eigenvalue weighted by Gasteiger charge is 2.37. The molecular weight excluding hydrogens is 566 g/mol. The monoisotopic (exact) mass is 591 g/mol. The molecule has 12 heteroatoms. The quantitative estimate of drug-likeness (QED) is 0.143. The molecule has 40 heavy (non-hydrogen) atoms. The van der Waals surface area contributed by atoms with E-state index in [2.05, 4.69) is 4.98 Å². The van der Waals surface area contributed by atoms with Crippen molar-refractivity contribution in [2.75, 3.05) is 11.3 Å². The summed E-state index contributed by atoms with van der Waals surface area (Å²) in [7, 11) is -1.25. The Bertz CT molecular complexity index is 1600. The van der Waals surface area contributed by atoms with Gasteiger partial charge in [-0.3, -0.25) is 9.22 Å². The third-order valence-corrected chi connectivity index (χ3v) is 7.62. The summed E-state index contributed by atoms with van der Waals surface area (Å²) in [5.74, 6) is 6.56. The van der Waals surface area contributed by atoms with Gasteiger partial charge < -0.3 is 10.3 Å². The fraction of sp³-hybridized carbons (Fsp3) is 0.179. The first-order valence-electron chi connectivity index (χ1n) is 11.9. The Kier molecular flexibility index (Phi) is 8.11. The van der Waals surface area contributed by atoms with E-state index in [1.807, 2.05) is 0 Å². The van der Waals surface area contributed by atoms with E-state index in [0.29, 0.717) is 21.0 Å². The Morgan fingerprint density at radius 2 is 1.70 bits per heavy atom. The number of nitrogens with zero attached hydrogens (tertiary/aromatic N) is 3. The van der Waals surface area contributed by atoms with Crippen molar-refractivity contribution >= 4 is 28.1 Å². The first-order valence-corrected chi connectivity index (χ1v) is 13.8. The van der Waals surface area contributed by atoms with Crippen LogP contribution in [-0.4, -0.2) is 20.0 Å². The maximum atomic E-state index is 16.4. The summed E-state index contributed by atoms with van der Waals surface area (Å²) in [6.45, 7) is 2.68. The summed E-state index contributed by atoms with van der Waals surface area (Å²) >= 11 is 5.97. The highest BCUT2D eigenvalue weighted by molar-refractivity contribution is 7.84. The molecule has 0 spiro atoms. The van der Waals surface area contributed by atoms with E-state index in [9.17, 15) is 17.4 Å². The van der Waals surface area contributed by atoms with Gasteiger partial charge in [0.2, 0.25) is 0 Å². The van der Waals surface area contributed by atoms with E-state index in [1.54, 1.807) is 48.7 Å². The molecule has 6 nitrogen and oxygen atoms in total. The number of hydrazine groups is 1. The Balaban J connectivity index is 1.92. The summed E-state index contributed by atoms with van der Waals surface area (Å²) < 4.78 is 70.1. The first kappa shape index (κ1) is 29.3. The number of anilines is 1. The molecule has 0 fully saturated rings. The highest BCUT2D eigenvalue weighted by Crippen LogP contribution is 2.40. The van der Waals surface area contributed by atoms with Crippen LogP contribution in [0.4, 0.5) is 23.2 Å². The largest absolute Gasteiger partial charge is 0.434 e. The van der Waals surface area contributed by atoms with Gasteiger partial charge in [0.15, 0.2) is 11.4 Å². The van der Waals surface area contributed by atoms with Crippen LogP contribution in [0.25, 0.3) is 16.8 Å². The Labute approximate surface area is 236 Å². The van der Waals surface area contributed by atoms with Crippen LogP contribution in [0.1, 0.15) is 24.0 Å². The van der Waals surface area contributed by atoms with Crippen LogP contribution >= 0.6 is 11.6 Å². The lowest BCUT2D eigenvalue weighted by Crippen LogP contribution is -2.40. The maximum absolute atomic E-state index is 16.4. The molecule has 4 aromatic rings. The van der Waals surface area contributed by atoms with E-state index in [0.717, 1.165) is 17.4 Å². The van der Waals surface area contributed by atoms with Crippen molar-refractivity contribution in [2.24, 2.45) is 11.6 Å². The predicted octanol–water partition coefficient (Wildman–Crippen LogP) is 6.62. The van der Waals surface area contributed by atoms with Gasteiger partial charge in [0.1, 0.15) is 5.82 Å². The van der Waals surface area contributed by atoms with Gasteiger partial charge in [-0.15, -0.1) is 0 Å². The van der Waals surface area contributed by atoms with Crippen molar-refractivity contribution in [2.45, 2.75) is 30.6 Å². The third-order valence-electron chi connectivity index (χ3n) is 6.45. The van der Waals surface area contributed by atoms with Gasteiger partial charge in [-0.05, 0) is 66.9 Å². The van der Waals surface area contributed by atoms with E-state index >= 15 is 4.39 Å². The molecule has 4 rings (SSSR count). The molecule has 0 bridgehead atoms. The molecule has 1 aromatic heterocycles. The van der Waals surface area contributed by atoms with Crippen molar-refractivity contribution in [1.29, 1.82) is 0 Å². The lowest BCUT2D eigenvalue weighted by atomic mass is 9.93. The molecule has 0 radical (unpaired) electrons.